The predicted octanol–water partition coefficient (Wildman–Crippen LogP) is 1.72. The van der Waals surface area contributed by atoms with E-state index in [-0.39, 0.29) is 6.61 Å². The number of nitrogens with one attached hydrogen (secondary N) is 1. The minimum atomic E-state index is 0.181. The van der Waals surface area contributed by atoms with E-state index in [9.17, 15) is 0 Å². The average molecular weight is 201 g/mol. The molecular formula is C9H13ClN2O. The molecule has 0 aliphatic carbocycles. The minimum absolute atomic E-state index is 0.181. The Kier molecular flexibility index (Phi) is 3.86. The molecule has 0 saturated heterocycles. The number of nitrogens with two attached hydrogens (primary N) is 1. The molecule has 0 fully saturated rings. The summed E-state index contributed by atoms with van der Waals surface area (Å²) >= 11 is 5.73. The molecule has 0 aliphatic rings. The third-order valence-electron chi connectivity index (χ3n) is 1.66. The van der Waals surface area contributed by atoms with Crippen molar-refractivity contribution in [2.24, 2.45) is 0 Å². The topological polar surface area (TPSA) is 58.3 Å². The fraction of sp³-hybridized carbons (Fsp3) is 0.333. The summed E-state index contributed by atoms with van der Waals surface area (Å²) in [7, 11) is 0. The molecule has 0 spiro atoms. The summed E-state index contributed by atoms with van der Waals surface area (Å²) in [5.74, 6) is 0. The number of aliphatic hydroxyl groups is 1. The second-order valence-electron chi connectivity index (χ2n) is 2.74. The van der Waals surface area contributed by atoms with Crippen LogP contribution >= 0.6 is 11.6 Å². The molecule has 0 radical (unpaired) electrons. The second-order valence-corrected chi connectivity index (χ2v) is 3.17. The molecule has 1 aromatic rings. The van der Waals surface area contributed by atoms with Crippen molar-refractivity contribution in [1.29, 1.82) is 0 Å². The molecule has 1 aromatic carbocycles. The number of hydrogen-bond acceptors (Lipinski definition) is 3. The summed E-state index contributed by atoms with van der Waals surface area (Å²) in [6.07, 6.45) is 0.710. The molecule has 0 saturated carbocycles. The predicted molar refractivity (Wildman–Crippen MR) is 56.1 cm³/mol. The van der Waals surface area contributed by atoms with Crippen LogP contribution in [0, 0.1) is 0 Å². The van der Waals surface area contributed by atoms with Gasteiger partial charge in [-0.15, -0.1) is 0 Å². The number of halogens is 1. The molecule has 0 heterocycles. The monoisotopic (exact) mass is 200 g/mol. The summed E-state index contributed by atoms with van der Waals surface area (Å²) < 4.78 is 0. The van der Waals surface area contributed by atoms with Gasteiger partial charge in [-0.2, -0.15) is 0 Å². The molecule has 3 nitrogen and oxygen atoms in total. The van der Waals surface area contributed by atoms with E-state index in [4.69, 9.17) is 22.4 Å². The Hall–Kier alpha value is -0.930. The Bertz CT molecular complexity index is 278. The third-order valence-corrected chi connectivity index (χ3v) is 1.90. The van der Waals surface area contributed by atoms with Gasteiger partial charge in [0.2, 0.25) is 0 Å². The Labute approximate surface area is 82.5 Å². The van der Waals surface area contributed by atoms with Crippen LogP contribution in [0.25, 0.3) is 0 Å². The maximum Gasteiger partial charge on any atom is 0.0574 e. The van der Waals surface area contributed by atoms with Crippen LogP contribution in [0.5, 0.6) is 0 Å². The van der Waals surface area contributed by atoms with Crippen LogP contribution in [0.3, 0.4) is 0 Å². The van der Waals surface area contributed by atoms with Crippen molar-refractivity contribution < 1.29 is 5.11 Å². The van der Waals surface area contributed by atoms with Crippen molar-refractivity contribution in [2.45, 2.75) is 6.42 Å². The molecule has 0 unspecified atom stereocenters. The molecule has 72 valence electrons. The van der Waals surface area contributed by atoms with Gasteiger partial charge in [-0.25, -0.2) is 0 Å². The molecule has 0 aromatic heterocycles. The van der Waals surface area contributed by atoms with Gasteiger partial charge in [0.15, 0.2) is 0 Å². The first-order valence-electron chi connectivity index (χ1n) is 4.14. The van der Waals surface area contributed by atoms with E-state index in [0.29, 0.717) is 23.7 Å². The van der Waals surface area contributed by atoms with Gasteiger partial charge in [-0.05, 0) is 24.6 Å². The van der Waals surface area contributed by atoms with E-state index in [1.165, 1.54) is 0 Å². The Morgan fingerprint density at radius 2 is 2.23 bits per heavy atom. The number of aliphatic hydroxyl groups excluding tert-OH is 1. The first-order chi connectivity index (χ1) is 6.24. The molecular weight excluding hydrogens is 188 g/mol. The molecule has 0 atom stereocenters. The number of rotatable bonds is 4. The van der Waals surface area contributed by atoms with Crippen LogP contribution in [0.4, 0.5) is 11.4 Å². The first kappa shape index (κ1) is 10.2. The highest BCUT2D eigenvalue weighted by molar-refractivity contribution is 6.31. The number of nitrogen functional groups attached to an aromatic ring is 1. The Balaban J connectivity index is 2.56. The van der Waals surface area contributed by atoms with Crippen molar-refractivity contribution in [2.75, 3.05) is 24.2 Å². The van der Waals surface area contributed by atoms with Crippen LogP contribution in [0.15, 0.2) is 18.2 Å². The van der Waals surface area contributed by atoms with Crippen molar-refractivity contribution >= 4 is 23.0 Å². The zero-order chi connectivity index (χ0) is 9.68. The van der Waals surface area contributed by atoms with E-state index >= 15 is 0 Å². The molecule has 0 bridgehead atoms. The average Bonchev–Trinajstić information content (AvgIpc) is 2.09. The Morgan fingerprint density at radius 3 is 2.85 bits per heavy atom. The summed E-state index contributed by atoms with van der Waals surface area (Å²) in [5.41, 5.74) is 7.18. The van der Waals surface area contributed by atoms with Gasteiger partial charge in [-0.1, -0.05) is 11.6 Å². The molecule has 0 aliphatic heterocycles. The summed E-state index contributed by atoms with van der Waals surface area (Å²) in [6.45, 7) is 0.892. The molecule has 4 heteroatoms. The van der Waals surface area contributed by atoms with E-state index < -0.39 is 0 Å². The fourth-order valence-electron chi connectivity index (χ4n) is 0.997. The van der Waals surface area contributed by atoms with Gasteiger partial charge in [0, 0.05) is 18.2 Å². The van der Waals surface area contributed by atoms with Crippen molar-refractivity contribution in [1.82, 2.24) is 0 Å². The van der Waals surface area contributed by atoms with Crippen molar-refractivity contribution in [3.63, 3.8) is 0 Å². The maximum absolute atomic E-state index is 8.57. The zero-order valence-corrected chi connectivity index (χ0v) is 8.01. The van der Waals surface area contributed by atoms with E-state index in [1.807, 2.05) is 6.07 Å². The lowest BCUT2D eigenvalue weighted by molar-refractivity contribution is 0.292. The number of hydrogen-bond donors (Lipinski definition) is 3. The molecule has 4 N–H and O–H groups in total. The molecule has 1 rings (SSSR count). The highest BCUT2D eigenvalue weighted by Crippen LogP contribution is 2.22. The van der Waals surface area contributed by atoms with E-state index in [1.54, 1.807) is 12.1 Å². The summed E-state index contributed by atoms with van der Waals surface area (Å²) in [5, 5.41) is 12.3. The zero-order valence-electron chi connectivity index (χ0n) is 7.26. The van der Waals surface area contributed by atoms with E-state index in [2.05, 4.69) is 5.32 Å². The molecule has 13 heavy (non-hydrogen) atoms. The van der Waals surface area contributed by atoms with Crippen LogP contribution in [0.2, 0.25) is 5.02 Å². The van der Waals surface area contributed by atoms with Crippen LogP contribution in [-0.4, -0.2) is 18.3 Å². The summed E-state index contributed by atoms with van der Waals surface area (Å²) in [4.78, 5) is 0. The minimum Gasteiger partial charge on any atom is -0.397 e. The number of anilines is 2. The largest absolute Gasteiger partial charge is 0.397 e. The highest BCUT2D eigenvalue weighted by Gasteiger charge is 1.97. The SMILES string of the molecule is Nc1cc(Cl)ccc1NCCCO. The lowest BCUT2D eigenvalue weighted by atomic mass is 10.2. The fourth-order valence-corrected chi connectivity index (χ4v) is 1.18. The summed E-state index contributed by atoms with van der Waals surface area (Å²) in [6, 6.07) is 5.30. The lowest BCUT2D eigenvalue weighted by Crippen LogP contribution is -2.05. The van der Waals surface area contributed by atoms with Gasteiger partial charge in [-0.3, -0.25) is 0 Å². The van der Waals surface area contributed by atoms with Crippen molar-refractivity contribution in [3.05, 3.63) is 23.2 Å². The quantitative estimate of drug-likeness (QED) is 0.513. The third kappa shape index (κ3) is 3.13. The highest BCUT2D eigenvalue weighted by atomic mass is 35.5. The van der Waals surface area contributed by atoms with Gasteiger partial charge >= 0.3 is 0 Å². The smallest absolute Gasteiger partial charge is 0.0574 e. The normalized spacial score (nSPS) is 10.0. The first-order valence-corrected chi connectivity index (χ1v) is 4.51. The van der Waals surface area contributed by atoms with Crippen LogP contribution < -0.4 is 11.1 Å². The van der Waals surface area contributed by atoms with Crippen LogP contribution in [-0.2, 0) is 0 Å². The standard InChI is InChI=1S/C9H13ClN2O/c10-7-2-3-9(8(11)6-7)12-4-1-5-13/h2-3,6,12-13H,1,4-5,11H2. The number of benzene rings is 1. The van der Waals surface area contributed by atoms with Crippen molar-refractivity contribution in [3.8, 4) is 0 Å². The van der Waals surface area contributed by atoms with E-state index in [0.717, 1.165) is 5.69 Å². The van der Waals surface area contributed by atoms with Gasteiger partial charge in [0.05, 0.1) is 11.4 Å². The van der Waals surface area contributed by atoms with Gasteiger partial charge in [0.25, 0.3) is 0 Å². The van der Waals surface area contributed by atoms with Gasteiger partial charge < -0.3 is 16.2 Å². The second kappa shape index (κ2) is 4.94. The Morgan fingerprint density at radius 1 is 1.46 bits per heavy atom. The van der Waals surface area contributed by atoms with Gasteiger partial charge in [0.1, 0.15) is 0 Å². The lowest BCUT2D eigenvalue weighted by Gasteiger charge is -2.08. The molecule has 0 amide bonds. The maximum atomic E-state index is 8.57. The van der Waals surface area contributed by atoms with Crippen LogP contribution in [0.1, 0.15) is 6.42 Å².